The Balaban J connectivity index is 1.19. The minimum absolute atomic E-state index is 0.0960. The van der Waals surface area contributed by atoms with Gasteiger partial charge in [-0.2, -0.15) is 5.10 Å². The van der Waals surface area contributed by atoms with E-state index in [0.717, 1.165) is 30.2 Å². The van der Waals surface area contributed by atoms with E-state index in [-0.39, 0.29) is 47.6 Å². The summed E-state index contributed by atoms with van der Waals surface area (Å²) in [6.07, 6.45) is 5.67. The Labute approximate surface area is 261 Å². The second-order valence-electron chi connectivity index (χ2n) is 10.6. The number of hydrogen-bond donors (Lipinski definition) is 1. The maximum Gasteiger partial charge on any atom is 0.253 e. The molecule has 1 aliphatic heterocycles. The van der Waals surface area contributed by atoms with Crippen LogP contribution >= 0.6 is 23.2 Å². The third kappa shape index (κ3) is 6.33. The highest BCUT2D eigenvalue weighted by Gasteiger charge is 2.22. The van der Waals surface area contributed by atoms with Gasteiger partial charge in [0.2, 0.25) is 0 Å². The molecule has 2 aromatic carbocycles. The van der Waals surface area contributed by atoms with Gasteiger partial charge in [0.05, 0.1) is 36.4 Å². The Morgan fingerprint density at radius 3 is 2.59 bits per heavy atom. The van der Waals surface area contributed by atoms with Crippen LogP contribution in [0.2, 0.25) is 10.0 Å². The summed E-state index contributed by atoms with van der Waals surface area (Å²) in [7, 11) is 0. The number of rotatable bonds is 8. The molecule has 1 amide bonds. The Morgan fingerprint density at radius 1 is 0.977 bits per heavy atom. The van der Waals surface area contributed by atoms with Crippen LogP contribution in [-0.4, -0.2) is 31.4 Å². The van der Waals surface area contributed by atoms with Crippen molar-refractivity contribution >= 4 is 40.0 Å². The van der Waals surface area contributed by atoms with Crippen LogP contribution in [0.3, 0.4) is 0 Å². The van der Waals surface area contributed by atoms with Crippen molar-refractivity contribution in [2.75, 3.05) is 6.61 Å². The highest BCUT2D eigenvalue weighted by molar-refractivity contribution is 6.31. The van der Waals surface area contributed by atoms with Gasteiger partial charge in [-0.15, -0.1) is 0 Å². The number of aromatic nitrogens is 4. The third-order valence-corrected chi connectivity index (χ3v) is 8.22. The van der Waals surface area contributed by atoms with Crippen LogP contribution in [0.1, 0.15) is 52.7 Å². The third-order valence-electron chi connectivity index (χ3n) is 7.63. The normalized spacial score (nSPS) is 15.0. The second-order valence-corrected chi connectivity index (χ2v) is 11.5. The molecule has 12 heteroatoms. The van der Waals surface area contributed by atoms with Gasteiger partial charge in [0, 0.05) is 52.1 Å². The van der Waals surface area contributed by atoms with Crippen molar-refractivity contribution < 1.29 is 13.9 Å². The summed E-state index contributed by atoms with van der Waals surface area (Å²) < 4.78 is 25.6. The quantitative estimate of drug-likeness (QED) is 0.242. The van der Waals surface area contributed by atoms with Crippen molar-refractivity contribution in [3.05, 3.63) is 132 Å². The summed E-state index contributed by atoms with van der Waals surface area (Å²) in [6, 6.07) is 15.6. The molecule has 1 aliphatic rings. The lowest BCUT2D eigenvalue weighted by atomic mass is 10.1. The molecule has 6 rings (SSSR count). The Hall–Kier alpha value is -4.25. The molecule has 226 valence electrons. The molecular formula is C32H28Cl2FN5O4. The number of pyridine rings is 2. The van der Waals surface area contributed by atoms with Crippen molar-refractivity contribution in [2.24, 2.45) is 0 Å². The predicted molar refractivity (Wildman–Crippen MR) is 166 cm³/mol. The molecule has 1 saturated heterocycles. The first kappa shape index (κ1) is 29.8. The minimum atomic E-state index is -0.585. The van der Waals surface area contributed by atoms with E-state index in [1.54, 1.807) is 24.4 Å². The van der Waals surface area contributed by atoms with Crippen molar-refractivity contribution in [1.29, 1.82) is 0 Å². The number of nitrogens with one attached hydrogen (secondary N) is 1. The standard InChI is InChI=1S/C32H28Cl2FN5O4/c33-23-8-9-28-24(15-23)27(37-40(28)31-6-2-4-12-44-31)16-36-32(43)20-7-10-30(42)39(17-20)19-22-13-25(34)21(14-26(22)35)18-38-11-3-1-5-29(38)41/h1,3,5,7-11,13-15,17,31H,2,4,6,12,16,18-19H2,(H,36,43). The van der Waals surface area contributed by atoms with Crippen molar-refractivity contribution in [3.8, 4) is 0 Å². The van der Waals surface area contributed by atoms with E-state index < -0.39 is 17.3 Å². The Morgan fingerprint density at radius 2 is 1.80 bits per heavy atom. The number of carbonyl (C=O) groups is 1. The second kappa shape index (κ2) is 12.8. The highest BCUT2D eigenvalue weighted by Crippen LogP contribution is 2.30. The van der Waals surface area contributed by atoms with Gasteiger partial charge in [0.15, 0.2) is 6.23 Å². The number of halogens is 3. The molecule has 0 saturated carbocycles. The summed E-state index contributed by atoms with van der Waals surface area (Å²) >= 11 is 12.7. The molecule has 0 radical (unpaired) electrons. The van der Waals surface area contributed by atoms with Crippen molar-refractivity contribution in [2.45, 2.75) is 45.1 Å². The fraction of sp³-hybridized carbons (Fsp3) is 0.250. The first-order chi connectivity index (χ1) is 21.3. The van der Waals surface area contributed by atoms with E-state index in [4.69, 9.17) is 33.0 Å². The fourth-order valence-electron chi connectivity index (χ4n) is 5.33. The molecule has 1 unspecified atom stereocenters. The SMILES string of the molecule is O=C(NCc1nn(C2CCCCO2)c2ccc(Cl)cc12)c1ccc(=O)n(Cc2cc(Cl)c(Cn3ccccc3=O)cc2F)c1. The predicted octanol–water partition coefficient (Wildman–Crippen LogP) is 5.53. The molecule has 4 heterocycles. The molecule has 0 bridgehead atoms. The van der Waals surface area contributed by atoms with Gasteiger partial charge in [-0.25, -0.2) is 9.07 Å². The van der Waals surface area contributed by atoms with E-state index in [1.807, 2.05) is 16.8 Å². The first-order valence-corrected chi connectivity index (χ1v) is 14.9. The van der Waals surface area contributed by atoms with Crippen LogP contribution in [-0.2, 0) is 24.4 Å². The maximum atomic E-state index is 15.1. The zero-order valence-electron chi connectivity index (χ0n) is 23.5. The lowest BCUT2D eigenvalue weighted by Crippen LogP contribution is -2.27. The van der Waals surface area contributed by atoms with Crippen LogP contribution in [0.15, 0.2) is 82.6 Å². The summed E-state index contributed by atoms with van der Waals surface area (Å²) in [5.41, 5.74) is 1.65. The van der Waals surface area contributed by atoms with Gasteiger partial charge in [-0.1, -0.05) is 29.3 Å². The minimum Gasteiger partial charge on any atom is -0.356 e. The number of nitrogens with zero attached hydrogens (tertiary/aromatic N) is 4. The average molecular weight is 637 g/mol. The average Bonchev–Trinajstić information content (AvgIpc) is 3.38. The molecule has 0 spiro atoms. The molecule has 9 nitrogen and oxygen atoms in total. The van der Waals surface area contributed by atoms with Crippen LogP contribution in [0.5, 0.6) is 0 Å². The molecule has 1 fully saturated rings. The summed E-state index contributed by atoms with van der Waals surface area (Å²) in [6.45, 7) is 0.728. The summed E-state index contributed by atoms with van der Waals surface area (Å²) in [5.74, 6) is -1.02. The van der Waals surface area contributed by atoms with Crippen LogP contribution < -0.4 is 16.4 Å². The number of hydrogen-bond acceptors (Lipinski definition) is 5. The topological polar surface area (TPSA) is 100 Å². The molecule has 44 heavy (non-hydrogen) atoms. The first-order valence-electron chi connectivity index (χ1n) is 14.2. The Bertz CT molecular complexity index is 1980. The molecule has 1 atom stereocenters. The van der Waals surface area contributed by atoms with E-state index in [0.29, 0.717) is 22.9 Å². The highest BCUT2D eigenvalue weighted by atomic mass is 35.5. The van der Waals surface area contributed by atoms with E-state index in [1.165, 1.54) is 45.7 Å². The van der Waals surface area contributed by atoms with Crippen LogP contribution in [0, 0.1) is 5.82 Å². The van der Waals surface area contributed by atoms with Gasteiger partial charge in [-0.3, -0.25) is 14.4 Å². The lowest BCUT2D eigenvalue weighted by Gasteiger charge is -2.23. The monoisotopic (exact) mass is 635 g/mol. The number of benzene rings is 2. The van der Waals surface area contributed by atoms with Crippen molar-refractivity contribution in [3.63, 3.8) is 0 Å². The van der Waals surface area contributed by atoms with E-state index in [9.17, 15) is 14.4 Å². The maximum absolute atomic E-state index is 15.1. The fourth-order valence-corrected chi connectivity index (χ4v) is 5.75. The molecule has 5 aromatic rings. The van der Waals surface area contributed by atoms with Crippen molar-refractivity contribution in [1.82, 2.24) is 24.2 Å². The molecule has 3 aromatic heterocycles. The van der Waals surface area contributed by atoms with Gasteiger partial charge in [-0.05, 0) is 67.3 Å². The van der Waals surface area contributed by atoms with Crippen LogP contribution in [0.25, 0.3) is 10.9 Å². The summed E-state index contributed by atoms with van der Waals surface area (Å²) in [4.78, 5) is 37.9. The number of ether oxygens (including phenoxy) is 1. The van der Waals surface area contributed by atoms with Gasteiger partial charge >= 0.3 is 0 Å². The zero-order chi connectivity index (χ0) is 30.8. The molecule has 0 aliphatic carbocycles. The van der Waals surface area contributed by atoms with Crippen LogP contribution in [0.4, 0.5) is 4.39 Å². The van der Waals surface area contributed by atoms with Gasteiger partial charge < -0.3 is 19.2 Å². The summed E-state index contributed by atoms with van der Waals surface area (Å²) in [5, 5.41) is 9.24. The number of carbonyl (C=O) groups excluding carboxylic acids is 1. The van der Waals surface area contributed by atoms with E-state index >= 15 is 4.39 Å². The number of amides is 1. The Kier molecular flexibility index (Phi) is 8.65. The van der Waals surface area contributed by atoms with Gasteiger partial charge in [0.1, 0.15) is 5.82 Å². The van der Waals surface area contributed by atoms with Gasteiger partial charge in [0.25, 0.3) is 17.0 Å². The molecular weight excluding hydrogens is 608 g/mol. The van der Waals surface area contributed by atoms with E-state index in [2.05, 4.69) is 5.32 Å². The zero-order valence-corrected chi connectivity index (χ0v) is 25.0. The molecule has 1 N–H and O–H groups in total. The number of fused-ring (bicyclic) bond motifs is 1. The lowest BCUT2D eigenvalue weighted by molar-refractivity contribution is -0.0369. The largest absolute Gasteiger partial charge is 0.356 e. The smallest absolute Gasteiger partial charge is 0.253 e.